The lowest BCUT2D eigenvalue weighted by atomic mass is 10.2. The van der Waals surface area contributed by atoms with Gasteiger partial charge < -0.3 is 5.32 Å². The van der Waals surface area contributed by atoms with Crippen LogP contribution in [0.1, 0.15) is 5.56 Å². The normalized spacial score (nSPS) is 11.2. The topological polar surface area (TPSA) is 58.2 Å². The first-order valence-corrected chi connectivity index (χ1v) is 7.48. The van der Waals surface area contributed by atoms with Crippen LogP contribution in [0, 0.1) is 12.7 Å². The zero-order valence-electron chi connectivity index (χ0n) is 11.1. The van der Waals surface area contributed by atoms with E-state index >= 15 is 0 Å². The molecule has 2 rings (SSSR count). The highest BCUT2D eigenvalue weighted by Gasteiger charge is 2.19. The van der Waals surface area contributed by atoms with Crippen molar-refractivity contribution in [2.24, 2.45) is 0 Å². The maximum Gasteiger partial charge on any atom is 0.264 e. The maximum absolute atomic E-state index is 13.7. The molecule has 6 heteroatoms. The third-order valence-electron chi connectivity index (χ3n) is 2.81. The lowest BCUT2D eigenvalue weighted by Crippen LogP contribution is -2.15. The maximum atomic E-state index is 13.7. The molecule has 0 unspecified atom stereocenters. The van der Waals surface area contributed by atoms with Crippen LogP contribution < -0.4 is 10.0 Å². The number of sulfonamides is 1. The van der Waals surface area contributed by atoms with Crippen LogP contribution in [-0.2, 0) is 10.0 Å². The van der Waals surface area contributed by atoms with Crippen molar-refractivity contribution in [1.82, 2.24) is 0 Å². The van der Waals surface area contributed by atoms with Crippen molar-refractivity contribution in [3.63, 3.8) is 0 Å². The summed E-state index contributed by atoms with van der Waals surface area (Å²) in [4.78, 5) is 0.0717. The lowest BCUT2D eigenvalue weighted by molar-refractivity contribution is 0.598. The monoisotopic (exact) mass is 294 g/mol. The van der Waals surface area contributed by atoms with Gasteiger partial charge in [0.25, 0.3) is 10.0 Å². The van der Waals surface area contributed by atoms with Gasteiger partial charge in [0.1, 0.15) is 10.7 Å². The highest BCUT2D eigenvalue weighted by molar-refractivity contribution is 7.92. The average Bonchev–Trinajstić information content (AvgIpc) is 2.42. The minimum atomic E-state index is -3.84. The fourth-order valence-electron chi connectivity index (χ4n) is 1.81. The van der Waals surface area contributed by atoms with E-state index in [0.29, 0.717) is 5.69 Å². The van der Waals surface area contributed by atoms with Gasteiger partial charge in [0, 0.05) is 7.05 Å². The van der Waals surface area contributed by atoms with Crippen molar-refractivity contribution in [2.75, 3.05) is 17.1 Å². The molecular formula is C14H15FN2O2S. The molecular weight excluding hydrogens is 279 g/mol. The second kappa shape index (κ2) is 5.50. The second-order valence-corrected chi connectivity index (χ2v) is 5.99. The molecule has 106 valence electrons. The summed E-state index contributed by atoms with van der Waals surface area (Å²) in [5.74, 6) is -0.601. The highest BCUT2D eigenvalue weighted by Crippen LogP contribution is 2.24. The number of hydrogen-bond acceptors (Lipinski definition) is 3. The highest BCUT2D eigenvalue weighted by atomic mass is 32.2. The molecule has 0 fully saturated rings. The molecule has 0 aliphatic heterocycles. The summed E-state index contributed by atoms with van der Waals surface area (Å²) in [7, 11) is -2.22. The molecule has 0 radical (unpaired) electrons. The largest absolute Gasteiger partial charge is 0.387 e. The molecule has 4 nitrogen and oxygen atoms in total. The first-order chi connectivity index (χ1) is 9.44. The summed E-state index contributed by atoms with van der Waals surface area (Å²) in [6.07, 6.45) is 0. The summed E-state index contributed by atoms with van der Waals surface area (Å²) < 4.78 is 40.6. The van der Waals surface area contributed by atoms with Gasteiger partial charge in [-0.1, -0.05) is 18.2 Å². The minimum absolute atomic E-state index is 0.0680. The molecule has 0 aliphatic rings. The molecule has 2 aromatic carbocycles. The standard InChI is InChI=1S/C14H15FN2O2S/c1-10-7-8-12(11(15)9-10)17-20(18,19)14-6-4-3-5-13(14)16-2/h3-9,16-17H,1-2H3. The molecule has 2 N–H and O–H groups in total. The van der Waals surface area contributed by atoms with Crippen LogP contribution in [0.25, 0.3) is 0 Å². The summed E-state index contributed by atoms with van der Waals surface area (Å²) in [6.45, 7) is 1.73. The Hall–Kier alpha value is -2.08. The van der Waals surface area contributed by atoms with E-state index in [1.54, 1.807) is 38.2 Å². The average molecular weight is 294 g/mol. The summed E-state index contributed by atoms with van der Waals surface area (Å²) >= 11 is 0. The van der Waals surface area contributed by atoms with Gasteiger partial charge in [0.15, 0.2) is 0 Å². The number of rotatable bonds is 4. The number of anilines is 2. The summed E-state index contributed by atoms with van der Waals surface area (Å²) in [5, 5.41) is 2.80. The molecule has 0 aliphatic carbocycles. The molecule has 0 saturated carbocycles. The Morgan fingerprint density at radius 1 is 1.05 bits per heavy atom. The van der Waals surface area contributed by atoms with Gasteiger partial charge in [0.2, 0.25) is 0 Å². The summed E-state index contributed by atoms with van der Waals surface area (Å²) in [6, 6.07) is 10.8. The lowest BCUT2D eigenvalue weighted by Gasteiger charge is -2.12. The zero-order chi connectivity index (χ0) is 14.8. The fraction of sp³-hybridized carbons (Fsp3) is 0.143. The molecule has 0 heterocycles. The van der Waals surface area contributed by atoms with E-state index in [1.165, 1.54) is 18.2 Å². The van der Waals surface area contributed by atoms with E-state index in [1.807, 2.05) is 0 Å². The smallest absolute Gasteiger partial charge is 0.264 e. The van der Waals surface area contributed by atoms with E-state index in [0.717, 1.165) is 5.56 Å². The van der Waals surface area contributed by atoms with Crippen LogP contribution >= 0.6 is 0 Å². The van der Waals surface area contributed by atoms with Gasteiger partial charge in [-0.05, 0) is 36.8 Å². The van der Waals surface area contributed by atoms with Gasteiger partial charge in [-0.3, -0.25) is 4.72 Å². The number of halogens is 1. The Morgan fingerprint density at radius 3 is 2.40 bits per heavy atom. The van der Waals surface area contributed by atoms with Crippen molar-refractivity contribution >= 4 is 21.4 Å². The quantitative estimate of drug-likeness (QED) is 0.911. The molecule has 0 saturated heterocycles. The molecule has 0 amide bonds. The van der Waals surface area contributed by atoms with Crippen LogP contribution in [0.2, 0.25) is 0 Å². The Morgan fingerprint density at radius 2 is 1.75 bits per heavy atom. The first-order valence-electron chi connectivity index (χ1n) is 6.00. The number of aryl methyl sites for hydroxylation is 1. The van der Waals surface area contributed by atoms with E-state index in [2.05, 4.69) is 10.0 Å². The van der Waals surface area contributed by atoms with Gasteiger partial charge in [0.05, 0.1) is 11.4 Å². The van der Waals surface area contributed by atoms with Crippen molar-refractivity contribution in [2.45, 2.75) is 11.8 Å². The predicted octanol–water partition coefficient (Wildman–Crippen LogP) is 2.98. The van der Waals surface area contributed by atoms with Crippen LogP contribution in [0.5, 0.6) is 0 Å². The van der Waals surface area contributed by atoms with Gasteiger partial charge in [-0.2, -0.15) is 0 Å². The predicted molar refractivity (Wildman–Crippen MR) is 77.9 cm³/mol. The number of para-hydroxylation sites is 1. The molecule has 0 spiro atoms. The van der Waals surface area contributed by atoms with Crippen LogP contribution in [0.4, 0.5) is 15.8 Å². The molecule has 0 bridgehead atoms. The van der Waals surface area contributed by atoms with Gasteiger partial charge in [-0.25, -0.2) is 12.8 Å². The first kappa shape index (κ1) is 14.3. The summed E-state index contributed by atoms with van der Waals surface area (Å²) in [5.41, 5.74) is 1.11. The Labute approximate surface area is 117 Å². The van der Waals surface area contributed by atoms with E-state index in [4.69, 9.17) is 0 Å². The Kier molecular flexibility index (Phi) is 3.94. The third-order valence-corrected chi connectivity index (χ3v) is 4.24. The van der Waals surface area contributed by atoms with E-state index in [9.17, 15) is 12.8 Å². The van der Waals surface area contributed by atoms with E-state index in [-0.39, 0.29) is 10.6 Å². The van der Waals surface area contributed by atoms with Crippen LogP contribution in [-0.4, -0.2) is 15.5 Å². The fourth-order valence-corrected chi connectivity index (χ4v) is 3.09. The zero-order valence-corrected chi connectivity index (χ0v) is 12.0. The molecule has 0 atom stereocenters. The molecule has 20 heavy (non-hydrogen) atoms. The Balaban J connectivity index is 2.41. The van der Waals surface area contributed by atoms with E-state index < -0.39 is 15.8 Å². The molecule has 2 aromatic rings. The van der Waals surface area contributed by atoms with Gasteiger partial charge in [-0.15, -0.1) is 0 Å². The van der Waals surface area contributed by atoms with Crippen molar-refractivity contribution < 1.29 is 12.8 Å². The van der Waals surface area contributed by atoms with Gasteiger partial charge >= 0.3 is 0 Å². The number of hydrogen-bond donors (Lipinski definition) is 2. The Bertz CT molecular complexity index is 730. The SMILES string of the molecule is CNc1ccccc1S(=O)(=O)Nc1ccc(C)cc1F. The van der Waals surface area contributed by atoms with Crippen molar-refractivity contribution in [3.05, 3.63) is 53.8 Å². The number of benzene rings is 2. The van der Waals surface area contributed by atoms with Crippen molar-refractivity contribution in [1.29, 1.82) is 0 Å². The van der Waals surface area contributed by atoms with Crippen molar-refractivity contribution in [3.8, 4) is 0 Å². The third kappa shape index (κ3) is 2.91. The number of nitrogens with one attached hydrogen (secondary N) is 2. The van der Waals surface area contributed by atoms with Crippen LogP contribution in [0.15, 0.2) is 47.4 Å². The molecule has 0 aromatic heterocycles. The minimum Gasteiger partial charge on any atom is -0.387 e. The van der Waals surface area contributed by atoms with Crippen LogP contribution in [0.3, 0.4) is 0 Å². The second-order valence-electron chi connectivity index (χ2n) is 4.33.